The van der Waals surface area contributed by atoms with E-state index in [2.05, 4.69) is 23.3 Å². The van der Waals surface area contributed by atoms with E-state index in [0.717, 1.165) is 19.5 Å². The predicted octanol–water partition coefficient (Wildman–Crippen LogP) is 1.97. The summed E-state index contributed by atoms with van der Waals surface area (Å²) < 4.78 is 0. The van der Waals surface area contributed by atoms with Gasteiger partial charge in [-0.05, 0) is 17.9 Å². The SMILES string of the molecule is CCSCCNCCc1ccccn1. The molecule has 0 fully saturated rings. The zero-order chi connectivity index (χ0) is 10.1. The maximum absolute atomic E-state index is 4.27. The number of aromatic nitrogens is 1. The minimum Gasteiger partial charge on any atom is -0.316 e. The molecule has 0 radical (unpaired) electrons. The van der Waals surface area contributed by atoms with Crippen molar-refractivity contribution in [2.75, 3.05) is 24.6 Å². The Bertz CT molecular complexity index is 226. The second kappa shape index (κ2) is 7.83. The second-order valence-electron chi connectivity index (χ2n) is 3.02. The highest BCUT2D eigenvalue weighted by molar-refractivity contribution is 7.99. The van der Waals surface area contributed by atoms with Crippen molar-refractivity contribution in [1.29, 1.82) is 0 Å². The molecule has 0 atom stereocenters. The van der Waals surface area contributed by atoms with E-state index in [1.54, 1.807) is 0 Å². The summed E-state index contributed by atoms with van der Waals surface area (Å²) in [6.07, 6.45) is 2.87. The number of pyridine rings is 1. The van der Waals surface area contributed by atoms with Crippen molar-refractivity contribution in [3.63, 3.8) is 0 Å². The average molecular weight is 210 g/mol. The molecule has 14 heavy (non-hydrogen) atoms. The fraction of sp³-hybridized carbons (Fsp3) is 0.545. The zero-order valence-electron chi connectivity index (χ0n) is 8.70. The third-order valence-electron chi connectivity index (χ3n) is 1.91. The molecule has 0 saturated carbocycles. The van der Waals surface area contributed by atoms with E-state index in [9.17, 15) is 0 Å². The summed E-state index contributed by atoms with van der Waals surface area (Å²) in [6.45, 7) is 4.32. The van der Waals surface area contributed by atoms with E-state index >= 15 is 0 Å². The average Bonchev–Trinajstić information content (AvgIpc) is 2.25. The molecule has 0 aliphatic rings. The molecule has 0 unspecified atom stereocenters. The number of hydrogen-bond acceptors (Lipinski definition) is 3. The van der Waals surface area contributed by atoms with Crippen LogP contribution in [0.2, 0.25) is 0 Å². The van der Waals surface area contributed by atoms with Crippen molar-refractivity contribution in [2.45, 2.75) is 13.3 Å². The first-order valence-electron chi connectivity index (χ1n) is 5.12. The van der Waals surface area contributed by atoms with Crippen LogP contribution in [0.3, 0.4) is 0 Å². The molecule has 0 aliphatic heterocycles. The fourth-order valence-electron chi connectivity index (χ4n) is 1.18. The first-order valence-corrected chi connectivity index (χ1v) is 6.27. The zero-order valence-corrected chi connectivity index (χ0v) is 9.52. The van der Waals surface area contributed by atoms with Gasteiger partial charge in [0.2, 0.25) is 0 Å². The van der Waals surface area contributed by atoms with Crippen LogP contribution in [0.1, 0.15) is 12.6 Å². The summed E-state index contributed by atoms with van der Waals surface area (Å²) in [5.41, 5.74) is 1.17. The first kappa shape index (κ1) is 11.5. The van der Waals surface area contributed by atoms with Crippen molar-refractivity contribution < 1.29 is 0 Å². The Labute approximate surface area is 90.5 Å². The van der Waals surface area contributed by atoms with Crippen LogP contribution < -0.4 is 5.32 Å². The molecular weight excluding hydrogens is 192 g/mol. The van der Waals surface area contributed by atoms with Gasteiger partial charge in [-0.3, -0.25) is 4.98 Å². The first-order chi connectivity index (χ1) is 6.93. The molecular formula is C11H18N2S. The minimum absolute atomic E-state index is 1.03. The highest BCUT2D eigenvalue weighted by Crippen LogP contribution is 1.96. The predicted molar refractivity (Wildman–Crippen MR) is 63.8 cm³/mol. The molecule has 1 rings (SSSR count). The van der Waals surface area contributed by atoms with E-state index in [-0.39, 0.29) is 0 Å². The number of rotatable bonds is 7. The lowest BCUT2D eigenvalue weighted by Gasteiger charge is -2.03. The largest absolute Gasteiger partial charge is 0.316 e. The summed E-state index contributed by atoms with van der Waals surface area (Å²) >= 11 is 1.98. The summed E-state index contributed by atoms with van der Waals surface area (Å²) in [5.74, 6) is 2.42. The van der Waals surface area contributed by atoms with Gasteiger partial charge >= 0.3 is 0 Å². The van der Waals surface area contributed by atoms with Gasteiger partial charge < -0.3 is 5.32 Å². The van der Waals surface area contributed by atoms with Crippen molar-refractivity contribution >= 4 is 11.8 Å². The second-order valence-corrected chi connectivity index (χ2v) is 4.41. The maximum atomic E-state index is 4.27. The molecule has 0 amide bonds. The summed E-state index contributed by atoms with van der Waals surface area (Å²) in [6, 6.07) is 6.06. The van der Waals surface area contributed by atoms with Crippen LogP contribution in [0.4, 0.5) is 0 Å². The quantitative estimate of drug-likeness (QED) is 0.696. The number of nitrogens with zero attached hydrogens (tertiary/aromatic N) is 1. The van der Waals surface area contributed by atoms with Gasteiger partial charge in [-0.25, -0.2) is 0 Å². The lowest BCUT2D eigenvalue weighted by molar-refractivity contribution is 0.712. The molecule has 1 N–H and O–H groups in total. The third kappa shape index (κ3) is 5.25. The van der Waals surface area contributed by atoms with Gasteiger partial charge in [-0.1, -0.05) is 13.0 Å². The van der Waals surface area contributed by atoms with E-state index < -0.39 is 0 Å². The van der Waals surface area contributed by atoms with Gasteiger partial charge in [0.05, 0.1) is 0 Å². The summed E-state index contributed by atoms with van der Waals surface area (Å²) in [5, 5.41) is 3.41. The van der Waals surface area contributed by atoms with Gasteiger partial charge in [0.1, 0.15) is 0 Å². The standard InChI is InChI=1S/C11H18N2S/c1-2-14-10-9-12-8-6-11-5-3-4-7-13-11/h3-5,7,12H,2,6,8-10H2,1H3. The molecule has 1 aromatic rings. The van der Waals surface area contributed by atoms with Gasteiger partial charge in [-0.15, -0.1) is 0 Å². The summed E-state index contributed by atoms with van der Waals surface area (Å²) in [4.78, 5) is 4.27. The Morgan fingerprint density at radius 3 is 3.00 bits per heavy atom. The molecule has 1 heterocycles. The van der Waals surface area contributed by atoms with Gasteiger partial charge in [0, 0.05) is 37.2 Å². The number of nitrogens with one attached hydrogen (secondary N) is 1. The van der Waals surface area contributed by atoms with Gasteiger partial charge in [0.15, 0.2) is 0 Å². The van der Waals surface area contributed by atoms with E-state index in [0.29, 0.717) is 0 Å². The fourth-order valence-corrected chi connectivity index (χ4v) is 1.75. The van der Waals surface area contributed by atoms with E-state index in [4.69, 9.17) is 0 Å². The lowest BCUT2D eigenvalue weighted by atomic mass is 10.3. The third-order valence-corrected chi connectivity index (χ3v) is 2.81. The molecule has 0 spiro atoms. The Balaban J connectivity index is 1.99. The van der Waals surface area contributed by atoms with Crippen LogP contribution in [0.15, 0.2) is 24.4 Å². The van der Waals surface area contributed by atoms with Crippen molar-refractivity contribution in [3.05, 3.63) is 30.1 Å². The van der Waals surface area contributed by atoms with Gasteiger partial charge in [0.25, 0.3) is 0 Å². The molecule has 0 saturated heterocycles. The van der Waals surface area contributed by atoms with Crippen LogP contribution in [-0.4, -0.2) is 29.6 Å². The Morgan fingerprint density at radius 2 is 2.29 bits per heavy atom. The van der Waals surface area contributed by atoms with Gasteiger partial charge in [-0.2, -0.15) is 11.8 Å². The Morgan fingerprint density at radius 1 is 1.36 bits per heavy atom. The van der Waals surface area contributed by atoms with Crippen molar-refractivity contribution in [2.24, 2.45) is 0 Å². The molecule has 0 aliphatic carbocycles. The van der Waals surface area contributed by atoms with Crippen molar-refractivity contribution in [3.8, 4) is 0 Å². The Kier molecular flexibility index (Phi) is 6.45. The van der Waals surface area contributed by atoms with Crippen LogP contribution in [0, 0.1) is 0 Å². The molecule has 2 nitrogen and oxygen atoms in total. The minimum atomic E-state index is 1.03. The normalized spacial score (nSPS) is 10.4. The highest BCUT2D eigenvalue weighted by atomic mass is 32.2. The lowest BCUT2D eigenvalue weighted by Crippen LogP contribution is -2.20. The topological polar surface area (TPSA) is 24.9 Å². The summed E-state index contributed by atoms with van der Waals surface area (Å²) in [7, 11) is 0. The van der Waals surface area contributed by atoms with E-state index in [1.165, 1.54) is 17.2 Å². The van der Waals surface area contributed by atoms with E-state index in [1.807, 2.05) is 30.1 Å². The molecule has 0 aromatic carbocycles. The number of thioether (sulfide) groups is 1. The maximum Gasteiger partial charge on any atom is 0.0416 e. The van der Waals surface area contributed by atoms with Crippen molar-refractivity contribution in [1.82, 2.24) is 10.3 Å². The monoisotopic (exact) mass is 210 g/mol. The molecule has 3 heteroatoms. The molecule has 78 valence electrons. The van der Waals surface area contributed by atoms with Crippen LogP contribution in [-0.2, 0) is 6.42 Å². The Hall–Kier alpha value is -0.540. The van der Waals surface area contributed by atoms with Crippen LogP contribution >= 0.6 is 11.8 Å². The highest BCUT2D eigenvalue weighted by Gasteiger charge is 1.92. The van der Waals surface area contributed by atoms with Crippen LogP contribution in [0.25, 0.3) is 0 Å². The molecule has 1 aromatic heterocycles. The number of hydrogen-bond donors (Lipinski definition) is 1. The smallest absolute Gasteiger partial charge is 0.0416 e. The molecule has 0 bridgehead atoms. The van der Waals surface area contributed by atoms with Crippen LogP contribution in [0.5, 0.6) is 0 Å².